The van der Waals surface area contributed by atoms with Crippen LogP contribution >= 0.6 is 47.8 Å². The van der Waals surface area contributed by atoms with Crippen molar-refractivity contribution < 1.29 is 4.79 Å². The average Bonchev–Trinajstić information content (AvgIpc) is 2.42. The van der Waals surface area contributed by atoms with Crippen LogP contribution in [0.1, 0.15) is 17.3 Å². The third kappa shape index (κ3) is 1.79. The van der Waals surface area contributed by atoms with E-state index in [1.165, 1.54) is 0 Å². The zero-order valence-corrected chi connectivity index (χ0v) is 13.4. The molecule has 0 bridgehead atoms. The maximum absolute atomic E-state index is 11.6. The van der Waals surface area contributed by atoms with Gasteiger partial charge in [-0.3, -0.25) is 9.36 Å². The molecule has 0 spiro atoms. The second-order valence-corrected chi connectivity index (χ2v) is 6.01. The molecule has 1 aromatic heterocycles. The zero-order valence-electron chi connectivity index (χ0n) is 8.64. The lowest BCUT2D eigenvalue weighted by Gasteiger charge is -2.02. The van der Waals surface area contributed by atoms with Gasteiger partial charge in [-0.2, -0.15) is 0 Å². The van der Waals surface area contributed by atoms with Gasteiger partial charge in [-0.25, -0.2) is 0 Å². The van der Waals surface area contributed by atoms with Gasteiger partial charge in [-0.05, 0) is 72.4 Å². The van der Waals surface area contributed by atoms with Crippen LogP contribution in [0, 0.1) is 6.92 Å². The number of hydrogen-bond acceptors (Lipinski definition) is 1. The van der Waals surface area contributed by atoms with Crippen molar-refractivity contribution in [2.45, 2.75) is 13.8 Å². The third-order valence-electron chi connectivity index (χ3n) is 2.50. The van der Waals surface area contributed by atoms with E-state index in [1.54, 1.807) is 11.5 Å². The number of carbonyl (C=O) groups excluding carboxylic acids is 1. The van der Waals surface area contributed by atoms with Gasteiger partial charge < -0.3 is 0 Å². The monoisotopic (exact) mass is 407 g/mol. The Morgan fingerprint density at radius 2 is 1.75 bits per heavy atom. The summed E-state index contributed by atoms with van der Waals surface area (Å²) in [5, 5.41) is 1.07. The van der Waals surface area contributed by atoms with Gasteiger partial charge in [-0.1, -0.05) is 0 Å². The van der Waals surface area contributed by atoms with Crippen LogP contribution in [0.5, 0.6) is 0 Å². The molecule has 0 aliphatic rings. The normalized spacial score (nSPS) is 11.1. The Labute approximate surface area is 118 Å². The molecule has 0 N–H and O–H groups in total. The summed E-state index contributed by atoms with van der Waals surface area (Å²) in [6.07, 6.45) is 0. The van der Waals surface area contributed by atoms with Gasteiger partial charge in [-0.15, -0.1) is 0 Å². The molecular weight excluding hydrogens is 402 g/mol. The van der Waals surface area contributed by atoms with Crippen molar-refractivity contribution in [2.24, 2.45) is 0 Å². The molecule has 0 saturated carbocycles. The highest BCUT2D eigenvalue weighted by molar-refractivity contribution is 9.13. The van der Waals surface area contributed by atoms with Crippen LogP contribution in [-0.2, 0) is 0 Å². The first-order valence-corrected chi connectivity index (χ1v) is 6.98. The molecule has 0 radical (unpaired) electrons. The summed E-state index contributed by atoms with van der Waals surface area (Å²) in [7, 11) is 0. The van der Waals surface area contributed by atoms with Crippen molar-refractivity contribution in [2.75, 3.05) is 0 Å². The second kappa shape index (κ2) is 4.27. The van der Waals surface area contributed by atoms with Crippen molar-refractivity contribution in [3.63, 3.8) is 0 Å². The second-order valence-electron chi connectivity index (χ2n) is 3.55. The van der Waals surface area contributed by atoms with Gasteiger partial charge >= 0.3 is 0 Å². The Morgan fingerprint density at radius 1 is 1.19 bits per heavy atom. The van der Waals surface area contributed by atoms with E-state index in [0.29, 0.717) is 0 Å². The fourth-order valence-corrected chi connectivity index (χ4v) is 3.04. The van der Waals surface area contributed by atoms with Crippen molar-refractivity contribution in [1.82, 2.24) is 4.57 Å². The predicted octanol–water partition coefficient (Wildman–Crippen LogP) is 4.90. The van der Waals surface area contributed by atoms with Crippen molar-refractivity contribution in [3.8, 4) is 0 Å². The molecule has 0 aliphatic carbocycles. The minimum absolute atomic E-state index is 0.000743. The summed E-state index contributed by atoms with van der Waals surface area (Å²) in [4.78, 5) is 11.6. The minimum atomic E-state index is -0.000743. The molecule has 84 valence electrons. The Morgan fingerprint density at radius 3 is 2.31 bits per heavy atom. The maximum atomic E-state index is 11.6. The van der Waals surface area contributed by atoms with Gasteiger partial charge in [0.05, 0.1) is 10.1 Å². The van der Waals surface area contributed by atoms with Crippen LogP contribution in [-0.4, -0.2) is 10.5 Å². The quantitative estimate of drug-likeness (QED) is 0.606. The lowest BCUT2D eigenvalue weighted by Crippen LogP contribution is -2.05. The highest BCUT2D eigenvalue weighted by atomic mass is 79.9. The van der Waals surface area contributed by atoms with E-state index in [-0.39, 0.29) is 5.91 Å². The molecule has 0 amide bonds. The standard InChI is InChI=1S/C11H8Br3NO/c1-5-7-3-8(12)9(13)4-10(7)15(6(2)16)11(5)14/h3-4H,1-2H3. The largest absolute Gasteiger partial charge is 0.274 e. The number of rotatable bonds is 0. The first-order valence-electron chi connectivity index (χ1n) is 4.60. The van der Waals surface area contributed by atoms with Crippen LogP contribution < -0.4 is 0 Å². The Hall–Kier alpha value is -0.130. The fourth-order valence-electron chi connectivity index (χ4n) is 1.71. The summed E-state index contributed by atoms with van der Waals surface area (Å²) < 4.78 is 4.41. The smallest absolute Gasteiger partial charge is 0.228 e. The lowest BCUT2D eigenvalue weighted by molar-refractivity contribution is 0.0939. The molecule has 2 aromatic rings. The number of aryl methyl sites for hydroxylation is 1. The van der Waals surface area contributed by atoms with Crippen LogP contribution in [0.15, 0.2) is 25.7 Å². The van der Waals surface area contributed by atoms with E-state index in [2.05, 4.69) is 47.8 Å². The summed E-state index contributed by atoms with van der Waals surface area (Å²) in [6, 6.07) is 3.96. The number of benzene rings is 1. The van der Waals surface area contributed by atoms with Crippen molar-refractivity contribution >= 4 is 64.6 Å². The number of carbonyl (C=O) groups is 1. The first-order chi connectivity index (χ1) is 7.43. The molecule has 0 atom stereocenters. The first kappa shape index (κ1) is 12.3. The molecule has 0 saturated heterocycles. The van der Waals surface area contributed by atoms with Gasteiger partial charge in [0, 0.05) is 21.3 Å². The Balaban J connectivity index is 2.97. The van der Waals surface area contributed by atoms with Crippen molar-refractivity contribution in [3.05, 3.63) is 31.2 Å². The number of fused-ring (bicyclic) bond motifs is 1. The van der Waals surface area contributed by atoms with Gasteiger partial charge in [0.2, 0.25) is 5.91 Å². The molecule has 2 nitrogen and oxygen atoms in total. The predicted molar refractivity (Wildman–Crippen MR) is 76.1 cm³/mol. The van der Waals surface area contributed by atoms with Crippen LogP contribution in [0.25, 0.3) is 10.9 Å². The molecule has 1 aromatic carbocycles. The number of nitrogens with zero attached hydrogens (tertiary/aromatic N) is 1. The molecule has 16 heavy (non-hydrogen) atoms. The van der Waals surface area contributed by atoms with Gasteiger partial charge in [0.15, 0.2) is 0 Å². The molecule has 0 fully saturated rings. The van der Waals surface area contributed by atoms with E-state index in [4.69, 9.17) is 0 Å². The van der Waals surface area contributed by atoms with Crippen LogP contribution in [0.2, 0.25) is 0 Å². The average molecular weight is 410 g/mol. The number of hydrogen-bond donors (Lipinski definition) is 0. The molecule has 0 aliphatic heterocycles. The van der Waals surface area contributed by atoms with Gasteiger partial charge in [0.1, 0.15) is 0 Å². The topological polar surface area (TPSA) is 22.0 Å². The van der Waals surface area contributed by atoms with Crippen molar-refractivity contribution in [1.29, 1.82) is 0 Å². The fraction of sp³-hybridized carbons (Fsp3) is 0.182. The third-order valence-corrected chi connectivity index (χ3v) is 5.30. The van der Waals surface area contributed by atoms with E-state index in [1.807, 2.05) is 19.1 Å². The molecular formula is C11H8Br3NO. The zero-order chi connectivity index (χ0) is 12.0. The minimum Gasteiger partial charge on any atom is -0.274 e. The Bertz CT molecular complexity index is 601. The van der Waals surface area contributed by atoms with E-state index >= 15 is 0 Å². The summed E-state index contributed by atoms with van der Waals surface area (Å²) in [6.45, 7) is 3.55. The van der Waals surface area contributed by atoms with E-state index in [9.17, 15) is 4.79 Å². The number of halogens is 3. The Kier molecular flexibility index (Phi) is 3.29. The van der Waals surface area contributed by atoms with E-state index < -0.39 is 0 Å². The molecule has 0 unspecified atom stereocenters. The van der Waals surface area contributed by atoms with E-state index in [0.717, 1.165) is 30.0 Å². The molecule has 5 heteroatoms. The highest BCUT2D eigenvalue weighted by Crippen LogP contribution is 2.35. The number of aromatic nitrogens is 1. The lowest BCUT2D eigenvalue weighted by atomic mass is 10.2. The molecule has 2 rings (SSSR count). The summed E-state index contributed by atoms with van der Waals surface area (Å²) in [5.41, 5.74) is 1.98. The van der Waals surface area contributed by atoms with Gasteiger partial charge in [0.25, 0.3) is 0 Å². The van der Waals surface area contributed by atoms with Crippen LogP contribution in [0.4, 0.5) is 0 Å². The highest BCUT2D eigenvalue weighted by Gasteiger charge is 2.16. The summed E-state index contributed by atoms with van der Waals surface area (Å²) >= 11 is 10.4. The van der Waals surface area contributed by atoms with Crippen LogP contribution in [0.3, 0.4) is 0 Å². The summed E-state index contributed by atoms with van der Waals surface area (Å²) in [5.74, 6) is -0.000743. The molecule has 1 heterocycles. The maximum Gasteiger partial charge on any atom is 0.228 e. The SMILES string of the molecule is CC(=O)n1c(Br)c(C)c2cc(Br)c(Br)cc21.